The van der Waals surface area contributed by atoms with E-state index in [9.17, 15) is 4.79 Å². The molecule has 0 aromatic carbocycles. The molecule has 1 amide bonds. The van der Waals surface area contributed by atoms with Crippen LogP contribution in [0.2, 0.25) is 0 Å². The second kappa shape index (κ2) is 1.95. The Balaban J connectivity index is 2.08. The van der Waals surface area contributed by atoms with Crippen molar-refractivity contribution in [3.8, 4) is 0 Å². The number of ether oxygens (including phenoxy) is 1. The molecule has 1 heterocycles. The summed E-state index contributed by atoms with van der Waals surface area (Å²) in [7, 11) is 0. The number of hydrogen-bond donors (Lipinski definition) is 1. The van der Waals surface area contributed by atoms with E-state index < -0.39 is 0 Å². The van der Waals surface area contributed by atoms with E-state index >= 15 is 0 Å². The molecular formula is C7H11NO2. The summed E-state index contributed by atoms with van der Waals surface area (Å²) >= 11 is 0. The Morgan fingerprint density at radius 2 is 2.30 bits per heavy atom. The molecule has 2 rings (SSSR count). The SMILES string of the molecule is NC(=O)C1OC2CCC1C2. The number of fused-ring (bicyclic) bond motifs is 2. The fraction of sp³-hybridized carbons (Fsp3) is 0.857. The highest BCUT2D eigenvalue weighted by Crippen LogP contribution is 2.39. The molecule has 10 heavy (non-hydrogen) atoms. The standard InChI is InChI=1S/C7H11NO2/c8-7(9)6-4-1-2-5(3-4)10-6/h4-6H,1-3H2,(H2,8,9). The number of hydrogen-bond acceptors (Lipinski definition) is 2. The highest BCUT2D eigenvalue weighted by molar-refractivity contribution is 5.79. The van der Waals surface area contributed by atoms with Gasteiger partial charge in [0, 0.05) is 0 Å². The quantitative estimate of drug-likeness (QED) is 0.560. The van der Waals surface area contributed by atoms with Crippen molar-refractivity contribution in [2.75, 3.05) is 0 Å². The van der Waals surface area contributed by atoms with Crippen LogP contribution < -0.4 is 5.73 Å². The van der Waals surface area contributed by atoms with Gasteiger partial charge in [0.15, 0.2) is 0 Å². The maximum Gasteiger partial charge on any atom is 0.246 e. The summed E-state index contributed by atoms with van der Waals surface area (Å²) in [6.07, 6.45) is 3.36. The van der Waals surface area contributed by atoms with E-state index in [1.54, 1.807) is 0 Å². The lowest BCUT2D eigenvalue weighted by Crippen LogP contribution is -2.35. The maximum absolute atomic E-state index is 10.7. The van der Waals surface area contributed by atoms with Crippen LogP contribution in [0.3, 0.4) is 0 Å². The molecule has 2 bridgehead atoms. The molecule has 0 spiro atoms. The minimum absolute atomic E-state index is 0.265. The zero-order chi connectivity index (χ0) is 7.14. The molecule has 0 aromatic heterocycles. The monoisotopic (exact) mass is 141 g/mol. The van der Waals surface area contributed by atoms with Gasteiger partial charge in [0.05, 0.1) is 6.10 Å². The molecule has 0 radical (unpaired) electrons. The average Bonchev–Trinajstić information content (AvgIpc) is 2.44. The van der Waals surface area contributed by atoms with Gasteiger partial charge in [0.25, 0.3) is 0 Å². The van der Waals surface area contributed by atoms with E-state index in [1.807, 2.05) is 0 Å². The van der Waals surface area contributed by atoms with E-state index in [-0.39, 0.29) is 12.0 Å². The van der Waals surface area contributed by atoms with Crippen molar-refractivity contribution >= 4 is 5.91 Å². The Morgan fingerprint density at radius 3 is 2.60 bits per heavy atom. The fourth-order valence-electron chi connectivity index (χ4n) is 1.99. The lowest BCUT2D eigenvalue weighted by molar-refractivity contribution is -0.132. The zero-order valence-electron chi connectivity index (χ0n) is 5.75. The third-order valence-electron chi connectivity index (χ3n) is 2.47. The molecule has 1 saturated carbocycles. The van der Waals surface area contributed by atoms with Crippen LogP contribution in [0.1, 0.15) is 19.3 Å². The number of nitrogens with two attached hydrogens (primary N) is 1. The van der Waals surface area contributed by atoms with E-state index in [0.29, 0.717) is 12.0 Å². The molecule has 1 aliphatic carbocycles. The molecule has 1 aliphatic heterocycles. The predicted molar refractivity (Wildman–Crippen MR) is 35.2 cm³/mol. The van der Waals surface area contributed by atoms with Crippen LogP contribution in [0.25, 0.3) is 0 Å². The number of rotatable bonds is 1. The summed E-state index contributed by atoms with van der Waals surface area (Å²) in [6, 6.07) is 0. The van der Waals surface area contributed by atoms with Gasteiger partial charge in [-0.25, -0.2) is 0 Å². The van der Waals surface area contributed by atoms with Crippen LogP contribution in [0.5, 0.6) is 0 Å². The van der Waals surface area contributed by atoms with Gasteiger partial charge in [-0.3, -0.25) is 4.79 Å². The summed E-state index contributed by atoms with van der Waals surface area (Å²) in [5.41, 5.74) is 5.12. The molecule has 0 aromatic rings. The van der Waals surface area contributed by atoms with Crippen molar-refractivity contribution in [1.82, 2.24) is 0 Å². The third kappa shape index (κ3) is 0.736. The Hall–Kier alpha value is -0.570. The Bertz CT molecular complexity index is 169. The summed E-state index contributed by atoms with van der Waals surface area (Å²) in [6.45, 7) is 0. The van der Waals surface area contributed by atoms with Crippen molar-refractivity contribution < 1.29 is 9.53 Å². The highest BCUT2D eigenvalue weighted by Gasteiger charge is 2.43. The Labute approximate surface area is 59.5 Å². The number of amides is 1. The molecule has 2 fully saturated rings. The van der Waals surface area contributed by atoms with E-state index in [2.05, 4.69) is 0 Å². The van der Waals surface area contributed by atoms with Gasteiger partial charge in [0.2, 0.25) is 5.91 Å². The van der Waals surface area contributed by atoms with Gasteiger partial charge in [-0.05, 0) is 25.2 Å². The molecule has 2 N–H and O–H groups in total. The van der Waals surface area contributed by atoms with Gasteiger partial charge in [0.1, 0.15) is 6.10 Å². The Morgan fingerprint density at radius 1 is 1.50 bits per heavy atom. The summed E-state index contributed by atoms with van der Waals surface area (Å²) in [5.74, 6) is 0.148. The largest absolute Gasteiger partial charge is 0.367 e. The molecule has 3 heteroatoms. The lowest BCUT2D eigenvalue weighted by atomic mass is 10.0. The first-order valence-electron chi connectivity index (χ1n) is 3.72. The first-order chi connectivity index (χ1) is 4.77. The van der Waals surface area contributed by atoms with Crippen LogP contribution in [0, 0.1) is 5.92 Å². The van der Waals surface area contributed by atoms with E-state index in [4.69, 9.17) is 10.5 Å². The number of carbonyl (C=O) groups is 1. The average molecular weight is 141 g/mol. The van der Waals surface area contributed by atoms with Crippen LogP contribution in [0.4, 0.5) is 0 Å². The number of primary amides is 1. The summed E-state index contributed by atoms with van der Waals surface area (Å²) in [4.78, 5) is 10.7. The molecule has 3 nitrogen and oxygen atoms in total. The van der Waals surface area contributed by atoms with Crippen LogP contribution in [-0.2, 0) is 9.53 Å². The van der Waals surface area contributed by atoms with Crippen molar-refractivity contribution in [2.45, 2.75) is 31.5 Å². The van der Waals surface area contributed by atoms with E-state index in [1.165, 1.54) is 0 Å². The van der Waals surface area contributed by atoms with Crippen molar-refractivity contribution in [3.63, 3.8) is 0 Å². The second-order valence-electron chi connectivity index (χ2n) is 3.15. The van der Waals surface area contributed by atoms with Crippen LogP contribution in [-0.4, -0.2) is 18.1 Å². The lowest BCUT2D eigenvalue weighted by Gasteiger charge is -2.18. The number of carbonyl (C=O) groups excluding carboxylic acids is 1. The van der Waals surface area contributed by atoms with Crippen molar-refractivity contribution in [3.05, 3.63) is 0 Å². The highest BCUT2D eigenvalue weighted by atomic mass is 16.5. The summed E-state index contributed by atoms with van der Waals surface area (Å²) in [5, 5.41) is 0. The normalized spacial score (nSPS) is 44.2. The van der Waals surface area contributed by atoms with Gasteiger partial charge in [-0.2, -0.15) is 0 Å². The fourth-order valence-corrected chi connectivity index (χ4v) is 1.99. The topological polar surface area (TPSA) is 52.3 Å². The van der Waals surface area contributed by atoms with E-state index in [0.717, 1.165) is 19.3 Å². The molecule has 3 unspecified atom stereocenters. The maximum atomic E-state index is 10.7. The van der Waals surface area contributed by atoms with Crippen molar-refractivity contribution in [2.24, 2.45) is 11.7 Å². The molecule has 1 saturated heterocycles. The smallest absolute Gasteiger partial charge is 0.246 e. The summed E-state index contributed by atoms with van der Waals surface area (Å²) < 4.78 is 5.35. The van der Waals surface area contributed by atoms with Crippen molar-refractivity contribution in [1.29, 1.82) is 0 Å². The van der Waals surface area contributed by atoms with Gasteiger partial charge in [-0.15, -0.1) is 0 Å². The second-order valence-corrected chi connectivity index (χ2v) is 3.15. The zero-order valence-corrected chi connectivity index (χ0v) is 5.75. The Kier molecular flexibility index (Phi) is 1.20. The van der Waals surface area contributed by atoms with Crippen LogP contribution in [0.15, 0.2) is 0 Å². The minimum atomic E-state index is -0.285. The van der Waals surface area contributed by atoms with Gasteiger partial charge < -0.3 is 10.5 Å². The first-order valence-corrected chi connectivity index (χ1v) is 3.72. The molecule has 3 atom stereocenters. The molecular weight excluding hydrogens is 130 g/mol. The first kappa shape index (κ1) is 6.16. The minimum Gasteiger partial charge on any atom is -0.367 e. The molecule has 2 aliphatic rings. The predicted octanol–water partition coefficient (Wildman–Crippen LogP) is 0.0392. The van der Waals surface area contributed by atoms with Crippen LogP contribution >= 0.6 is 0 Å². The van der Waals surface area contributed by atoms with Gasteiger partial charge >= 0.3 is 0 Å². The molecule has 56 valence electrons. The third-order valence-corrected chi connectivity index (χ3v) is 2.47. The van der Waals surface area contributed by atoms with Gasteiger partial charge in [-0.1, -0.05) is 0 Å².